The zero-order chi connectivity index (χ0) is 14.7. The van der Waals surface area contributed by atoms with Crippen LogP contribution in [0.15, 0.2) is 36.4 Å². The Labute approximate surface area is 125 Å². The number of nitrogens with two attached hydrogens (primary N) is 1. The number of anilines is 1. The lowest BCUT2D eigenvalue weighted by Crippen LogP contribution is -2.13. The number of halogens is 3. The summed E-state index contributed by atoms with van der Waals surface area (Å²) in [5.74, 6) is -1.46. The van der Waals surface area contributed by atoms with Crippen LogP contribution in [0.2, 0.25) is 10.0 Å². The number of primary amides is 1. The number of hydrogen-bond donors (Lipinski definition) is 2. The highest BCUT2D eigenvalue weighted by Gasteiger charge is 2.09. The van der Waals surface area contributed by atoms with Crippen LogP contribution in [0.5, 0.6) is 0 Å². The van der Waals surface area contributed by atoms with Crippen LogP contribution in [0.4, 0.5) is 10.1 Å². The Hall–Kier alpha value is -1.78. The van der Waals surface area contributed by atoms with Gasteiger partial charge in [0.05, 0.1) is 5.56 Å². The summed E-state index contributed by atoms with van der Waals surface area (Å²) in [5.41, 5.74) is 6.34. The van der Waals surface area contributed by atoms with Crippen molar-refractivity contribution in [1.29, 1.82) is 0 Å². The fraction of sp³-hybridized carbons (Fsp3) is 0.0714. The molecule has 0 fully saturated rings. The Bertz CT molecular complexity index is 662. The summed E-state index contributed by atoms with van der Waals surface area (Å²) < 4.78 is 13.3. The van der Waals surface area contributed by atoms with Gasteiger partial charge in [0.25, 0.3) is 5.91 Å². The monoisotopic (exact) mass is 312 g/mol. The van der Waals surface area contributed by atoms with Gasteiger partial charge in [-0.25, -0.2) is 4.39 Å². The Balaban J connectivity index is 2.15. The van der Waals surface area contributed by atoms with Crippen LogP contribution in [0.3, 0.4) is 0 Å². The molecule has 3 nitrogen and oxygen atoms in total. The van der Waals surface area contributed by atoms with Gasteiger partial charge in [-0.05, 0) is 35.9 Å². The molecule has 1 amide bonds. The number of nitrogens with one attached hydrogen (secondary N) is 1. The summed E-state index contributed by atoms with van der Waals surface area (Å²) in [7, 11) is 0. The van der Waals surface area contributed by atoms with E-state index >= 15 is 0 Å². The summed E-state index contributed by atoms with van der Waals surface area (Å²) in [4.78, 5) is 11.1. The van der Waals surface area contributed by atoms with E-state index in [0.29, 0.717) is 22.3 Å². The number of carbonyl (C=O) groups excluding carboxylic acids is 1. The summed E-state index contributed by atoms with van der Waals surface area (Å²) >= 11 is 11.9. The highest BCUT2D eigenvalue weighted by molar-refractivity contribution is 6.35. The minimum Gasteiger partial charge on any atom is -0.381 e. The van der Waals surface area contributed by atoms with Crippen molar-refractivity contribution >= 4 is 34.8 Å². The smallest absolute Gasteiger partial charge is 0.251 e. The lowest BCUT2D eigenvalue weighted by molar-refractivity contribution is 0.0996. The molecular weight excluding hydrogens is 302 g/mol. The van der Waals surface area contributed by atoms with Gasteiger partial charge in [-0.3, -0.25) is 4.79 Å². The minimum absolute atomic E-state index is 0.155. The van der Waals surface area contributed by atoms with Crippen molar-refractivity contribution in [2.75, 3.05) is 5.32 Å². The van der Waals surface area contributed by atoms with Crippen LogP contribution in [-0.2, 0) is 6.54 Å². The molecular formula is C14H11Cl2FN2O. The zero-order valence-corrected chi connectivity index (χ0v) is 11.8. The summed E-state index contributed by atoms with van der Waals surface area (Å²) in [6.07, 6.45) is 0. The molecule has 3 N–H and O–H groups in total. The molecule has 0 unspecified atom stereocenters. The van der Waals surface area contributed by atoms with Gasteiger partial charge < -0.3 is 11.1 Å². The molecule has 2 rings (SSSR count). The molecule has 0 saturated carbocycles. The Kier molecular flexibility index (Phi) is 4.47. The van der Waals surface area contributed by atoms with E-state index in [2.05, 4.69) is 5.32 Å². The largest absolute Gasteiger partial charge is 0.381 e. The van der Waals surface area contributed by atoms with Crippen molar-refractivity contribution in [3.05, 3.63) is 63.4 Å². The average molecular weight is 313 g/mol. The first-order chi connectivity index (χ1) is 9.47. The maximum Gasteiger partial charge on any atom is 0.251 e. The highest BCUT2D eigenvalue weighted by Crippen LogP contribution is 2.22. The SMILES string of the molecule is NC(=O)c1cc(NCc2ccc(Cl)cc2Cl)ccc1F. The molecule has 0 atom stereocenters. The Morgan fingerprint density at radius 2 is 1.95 bits per heavy atom. The van der Waals surface area contributed by atoms with Crippen LogP contribution in [0.1, 0.15) is 15.9 Å². The number of rotatable bonds is 4. The first-order valence-electron chi connectivity index (χ1n) is 5.74. The molecule has 0 aliphatic rings. The van der Waals surface area contributed by atoms with Crippen LogP contribution >= 0.6 is 23.2 Å². The average Bonchev–Trinajstić information content (AvgIpc) is 2.39. The molecule has 2 aromatic carbocycles. The Morgan fingerprint density at radius 3 is 2.60 bits per heavy atom. The fourth-order valence-electron chi connectivity index (χ4n) is 1.69. The van der Waals surface area contributed by atoms with Gasteiger partial charge in [-0.15, -0.1) is 0 Å². The van der Waals surface area contributed by atoms with Crippen molar-refractivity contribution in [3.63, 3.8) is 0 Å². The molecule has 0 bridgehead atoms. The third kappa shape index (κ3) is 3.40. The second-order valence-corrected chi connectivity index (χ2v) is 4.99. The molecule has 0 radical (unpaired) electrons. The molecule has 20 heavy (non-hydrogen) atoms. The van der Waals surface area contributed by atoms with Crippen molar-refractivity contribution in [2.45, 2.75) is 6.54 Å². The summed E-state index contributed by atoms with van der Waals surface area (Å²) in [5, 5.41) is 4.12. The van der Waals surface area contributed by atoms with Gasteiger partial charge in [-0.2, -0.15) is 0 Å². The van der Waals surface area contributed by atoms with Gasteiger partial charge >= 0.3 is 0 Å². The molecule has 0 aliphatic heterocycles. The van der Waals surface area contributed by atoms with E-state index in [-0.39, 0.29) is 5.56 Å². The van der Waals surface area contributed by atoms with Gasteiger partial charge in [0, 0.05) is 22.3 Å². The summed E-state index contributed by atoms with van der Waals surface area (Å²) in [6.45, 7) is 0.417. The Morgan fingerprint density at radius 1 is 1.20 bits per heavy atom. The standard InChI is InChI=1S/C14H11Cl2FN2O/c15-9-2-1-8(12(16)5-9)7-19-10-3-4-13(17)11(6-10)14(18)20/h1-6,19H,7H2,(H2,18,20). The first kappa shape index (κ1) is 14.6. The maximum atomic E-state index is 13.3. The molecule has 0 aliphatic carbocycles. The van der Waals surface area contributed by atoms with Crippen LogP contribution in [-0.4, -0.2) is 5.91 Å². The maximum absolute atomic E-state index is 13.3. The fourth-order valence-corrected chi connectivity index (χ4v) is 2.16. The van der Waals surface area contributed by atoms with Crippen molar-refractivity contribution in [1.82, 2.24) is 0 Å². The molecule has 0 heterocycles. The lowest BCUT2D eigenvalue weighted by Gasteiger charge is -2.09. The minimum atomic E-state index is -0.810. The number of benzene rings is 2. The van der Waals surface area contributed by atoms with Gasteiger partial charge in [0.1, 0.15) is 5.82 Å². The van der Waals surface area contributed by atoms with Crippen molar-refractivity contribution in [2.24, 2.45) is 5.73 Å². The third-order valence-electron chi connectivity index (χ3n) is 2.73. The molecule has 0 aromatic heterocycles. The predicted molar refractivity (Wildman–Crippen MR) is 78.7 cm³/mol. The van der Waals surface area contributed by atoms with Gasteiger partial charge in [0.2, 0.25) is 0 Å². The molecule has 2 aromatic rings. The van der Waals surface area contributed by atoms with Crippen molar-refractivity contribution in [3.8, 4) is 0 Å². The molecule has 0 saturated heterocycles. The van der Waals surface area contributed by atoms with E-state index in [9.17, 15) is 9.18 Å². The topological polar surface area (TPSA) is 55.1 Å². The number of hydrogen-bond acceptors (Lipinski definition) is 2. The van der Waals surface area contributed by atoms with Gasteiger partial charge in [-0.1, -0.05) is 29.3 Å². The summed E-state index contributed by atoms with van der Waals surface area (Å²) in [6, 6.07) is 9.22. The van der Waals surface area contributed by atoms with Crippen LogP contribution in [0, 0.1) is 5.82 Å². The molecule has 6 heteroatoms. The molecule has 0 spiro atoms. The van der Waals surface area contributed by atoms with E-state index in [0.717, 1.165) is 5.56 Å². The van der Waals surface area contributed by atoms with E-state index in [1.165, 1.54) is 18.2 Å². The molecule has 104 valence electrons. The number of carbonyl (C=O) groups is 1. The van der Waals surface area contributed by atoms with E-state index < -0.39 is 11.7 Å². The van der Waals surface area contributed by atoms with Crippen LogP contribution in [0.25, 0.3) is 0 Å². The van der Waals surface area contributed by atoms with Gasteiger partial charge in [0.15, 0.2) is 0 Å². The second-order valence-electron chi connectivity index (χ2n) is 4.15. The van der Waals surface area contributed by atoms with E-state index in [4.69, 9.17) is 28.9 Å². The zero-order valence-electron chi connectivity index (χ0n) is 10.3. The number of amides is 1. The normalized spacial score (nSPS) is 10.3. The van der Waals surface area contributed by atoms with Crippen molar-refractivity contribution < 1.29 is 9.18 Å². The van der Waals surface area contributed by atoms with Crippen LogP contribution < -0.4 is 11.1 Å². The third-order valence-corrected chi connectivity index (χ3v) is 3.32. The highest BCUT2D eigenvalue weighted by atomic mass is 35.5. The first-order valence-corrected chi connectivity index (χ1v) is 6.50. The predicted octanol–water partition coefficient (Wildman–Crippen LogP) is 3.84. The van der Waals surface area contributed by atoms with E-state index in [1.807, 2.05) is 0 Å². The quantitative estimate of drug-likeness (QED) is 0.901. The lowest BCUT2D eigenvalue weighted by atomic mass is 10.1. The van der Waals surface area contributed by atoms with E-state index in [1.54, 1.807) is 18.2 Å². The second kappa shape index (κ2) is 6.11.